The molecule has 0 unspecified atom stereocenters. The molecule has 0 aliphatic rings. The number of rotatable bonds is 8. The van der Waals surface area contributed by atoms with Crippen molar-refractivity contribution >= 4 is 23.5 Å². The van der Waals surface area contributed by atoms with Crippen LogP contribution in [-0.2, 0) is 11.2 Å². The second kappa shape index (κ2) is 9.05. The number of hydrazone groups is 1. The van der Waals surface area contributed by atoms with E-state index in [0.29, 0.717) is 5.75 Å². The van der Waals surface area contributed by atoms with Crippen LogP contribution in [0.4, 0.5) is 4.39 Å². The highest BCUT2D eigenvalue weighted by Gasteiger charge is 2.02. The molecule has 0 aliphatic heterocycles. The predicted molar refractivity (Wildman–Crippen MR) is 90.6 cm³/mol. The molecule has 6 heteroatoms. The summed E-state index contributed by atoms with van der Waals surface area (Å²) < 4.78 is 18.0. The van der Waals surface area contributed by atoms with Gasteiger partial charge in [-0.05, 0) is 49.2 Å². The highest BCUT2D eigenvalue weighted by molar-refractivity contribution is 7.13. The van der Waals surface area contributed by atoms with Crippen LogP contribution in [0.25, 0.3) is 0 Å². The maximum atomic E-state index is 12.7. The number of nitrogens with zero attached hydrogens (tertiary/aromatic N) is 1. The van der Waals surface area contributed by atoms with Gasteiger partial charge in [-0.2, -0.15) is 5.10 Å². The molecule has 1 heterocycles. The van der Waals surface area contributed by atoms with E-state index in [1.807, 2.05) is 6.07 Å². The van der Waals surface area contributed by atoms with Gasteiger partial charge in [0.15, 0.2) is 6.61 Å². The van der Waals surface area contributed by atoms with Crippen LogP contribution in [-0.4, -0.2) is 18.7 Å². The van der Waals surface area contributed by atoms with Gasteiger partial charge in [0.2, 0.25) is 0 Å². The molecule has 0 fully saturated rings. The van der Waals surface area contributed by atoms with Gasteiger partial charge in [-0.15, -0.1) is 11.3 Å². The molecule has 0 radical (unpaired) electrons. The third-order valence-corrected chi connectivity index (χ3v) is 4.10. The van der Waals surface area contributed by atoms with Crippen LogP contribution < -0.4 is 10.2 Å². The maximum absolute atomic E-state index is 12.7. The Morgan fingerprint density at radius 1 is 1.30 bits per heavy atom. The number of nitrogens with one attached hydrogen (secondary N) is 1. The molecule has 1 aromatic carbocycles. The summed E-state index contributed by atoms with van der Waals surface area (Å²) in [5, 5.41) is 3.91. The molecule has 0 saturated heterocycles. The highest BCUT2D eigenvalue weighted by atomic mass is 32.1. The standard InChI is InChI=1S/C17H19FN2O2S/c1-2-3-4-15-9-10-16(23-15)11-19-20-17(21)12-22-14-7-5-13(18)6-8-14/h5-11H,2-4,12H2,1H3,(H,20,21). The third kappa shape index (κ3) is 6.20. The summed E-state index contributed by atoms with van der Waals surface area (Å²) in [6.07, 6.45) is 5.04. The van der Waals surface area contributed by atoms with E-state index in [1.165, 1.54) is 42.0 Å². The number of ether oxygens (including phenoxy) is 1. The topological polar surface area (TPSA) is 50.7 Å². The van der Waals surface area contributed by atoms with Gasteiger partial charge >= 0.3 is 0 Å². The van der Waals surface area contributed by atoms with E-state index < -0.39 is 0 Å². The van der Waals surface area contributed by atoms with E-state index in [-0.39, 0.29) is 18.3 Å². The molecule has 0 saturated carbocycles. The van der Waals surface area contributed by atoms with Crippen LogP contribution in [0.2, 0.25) is 0 Å². The summed E-state index contributed by atoms with van der Waals surface area (Å²) in [5.41, 5.74) is 2.40. The van der Waals surface area contributed by atoms with Gasteiger partial charge in [-0.1, -0.05) is 13.3 Å². The third-order valence-electron chi connectivity index (χ3n) is 3.02. The summed E-state index contributed by atoms with van der Waals surface area (Å²) in [7, 11) is 0. The number of amides is 1. The number of carbonyl (C=O) groups is 1. The molecular formula is C17H19FN2O2S. The van der Waals surface area contributed by atoms with E-state index in [1.54, 1.807) is 17.6 Å². The first-order valence-electron chi connectivity index (χ1n) is 7.46. The lowest BCUT2D eigenvalue weighted by molar-refractivity contribution is -0.123. The van der Waals surface area contributed by atoms with Crippen LogP contribution in [0, 0.1) is 5.82 Å². The minimum Gasteiger partial charge on any atom is -0.484 e. The molecular weight excluding hydrogens is 315 g/mol. The summed E-state index contributed by atoms with van der Waals surface area (Å²) >= 11 is 1.67. The van der Waals surface area contributed by atoms with Crippen molar-refractivity contribution in [3.05, 3.63) is 52.0 Å². The van der Waals surface area contributed by atoms with Crippen molar-refractivity contribution in [2.75, 3.05) is 6.61 Å². The second-order valence-electron chi connectivity index (χ2n) is 4.94. The first kappa shape index (κ1) is 17.1. The zero-order valence-electron chi connectivity index (χ0n) is 12.9. The van der Waals surface area contributed by atoms with Crippen LogP contribution in [0.15, 0.2) is 41.5 Å². The molecule has 0 atom stereocenters. The molecule has 2 aromatic rings. The smallest absolute Gasteiger partial charge is 0.277 e. The summed E-state index contributed by atoms with van der Waals surface area (Å²) in [4.78, 5) is 13.9. The molecule has 1 N–H and O–H groups in total. The maximum Gasteiger partial charge on any atom is 0.277 e. The van der Waals surface area contributed by atoms with Gasteiger partial charge in [0.05, 0.1) is 6.21 Å². The number of hydrogen-bond acceptors (Lipinski definition) is 4. The summed E-state index contributed by atoms with van der Waals surface area (Å²) in [6, 6.07) is 9.56. The number of aryl methyl sites for hydroxylation is 1. The Morgan fingerprint density at radius 2 is 2.09 bits per heavy atom. The lowest BCUT2D eigenvalue weighted by Gasteiger charge is -2.04. The molecule has 122 valence electrons. The molecule has 4 nitrogen and oxygen atoms in total. The Hall–Kier alpha value is -2.21. The van der Waals surface area contributed by atoms with Crippen molar-refractivity contribution in [3.8, 4) is 5.75 Å². The minimum absolute atomic E-state index is 0.171. The molecule has 1 aromatic heterocycles. The van der Waals surface area contributed by atoms with Gasteiger partial charge in [0.1, 0.15) is 11.6 Å². The lowest BCUT2D eigenvalue weighted by Crippen LogP contribution is -2.24. The Morgan fingerprint density at radius 3 is 2.83 bits per heavy atom. The van der Waals surface area contributed by atoms with Crippen molar-refractivity contribution in [2.24, 2.45) is 5.10 Å². The first-order valence-corrected chi connectivity index (χ1v) is 8.28. The van der Waals surface area contributed by atoms with Crippen molar-refractivity contribution in [1.82, 2.24) is 5.43 Å². The summed E-state index contributed by atoms with van der Waals surface area (Å²) in [6.45, 7) is 1.99. The van der Waals surface area contributed by atoms with Crippen molar-refractivity contribution in [1.29, 1.82) is 0 Å². The van der Waals surface area contributed by atoms with E-state index in [2.05, 4.69) is 23.5 Å². The first-order chi connectivity index (χ1) is 11.2. The van der Waals surface area contributed by atoms with Gasteiger partial charge in [0, 0.05) is 9.75 Å². The van der Waals surface area contributed by atoms with Crippen molar-refractivity contribution < 1.29 is 13.9 Å². The average molecular weight is 334 g/mol. The molecule has 0 bridgehead atoms. The minimum atomic E-state index is -0.367. The number of unbranched alkanes of at least 4 members (excludes halogenated alkanes) is 1. The normalized spacial score (nSPS) is 10.9. The number of hydrogen-bond donors (Lipinski definition) is 1. The van der Waals surface area contributed by atoms with Crippen LogP contribution in [0.5, 0.6) is 5.75 Å². The SMILES string of the molecule is CCCCc1ccc(C=NNC(=O)COc2ccc(F)cc2)s1. The Bertz CT molecular complexity index is 653. The van der Waals surface area contributed by atoms with Gasteiger partial charge in [-0.25, -0.2) is 9.82 Å². The Labute approximate surface area is 139 Å². The van der Waals surface area contributed by atoms with Crippen LogP contribution >= 0.6 is 11.3 Å². The number of benzene rings is 1. The average Bonchev–Trinajstić information content (AvgIpc) is 3.00. The fourth-order valence-corrected chi connectivity index (χ4v) is 2.76. The zero-order chi connectivity index (χ0) is 16.5. The number of carbonyl (C=O) groups excluding carboxylic acids is 1. The second-order valence-corrected chi connectivity index (χ2v) is 6.14. The Balaban J connectivity index is 1.73. The molecule has 0 spiro atoms. The molecule has 0 aliphatic carbocycles. The summed E-state index contributed by atoms with van der Waals surface area (Å²) in [5.74, 6) is -0.279. The van der Waals surface area contributed by atoms with Crippen molar-refractivity contribution in [2.45, 2.75) is 26.2 Å². The van der Waals surface area contributed by atoms with Crippen molar-refractivity contribution in [3.63, 3.8) is 0 Å². The number of halogens is 1. The number of thiophene rings is 1. The fraction of sp³-hybridized carbons (Fsp3) is 0.294. The largest absolute Gasteiger partial charge is 0.484 e. The predicted octanol–water partition coefficient (Wildman–Crippen LogP) is 3.76. The highest BCUT2D eigenvalue weighted by Crippen LogP contribution is 2.16. The zero-order valence-corrected chi connectivity index (χ0v) is 13.7. The lowest BCUT2D eigenvalue weighted by atomic mass is 10.2. The van der Waals surface area contributed by atoms with E-state index in [4.69, 9.17) is 4.74 Å². The van der Waals surface area contributed by atoms with Crippen LogP contribution in [0.1, 0.15) is 29.5 Å². The quantitative estimate of drug-likeness (QED) is 0.590. The fourth-order valence-electron chi connectivity index (χ4n) is 1.83. The molecule has 23 heavy (non-hydrogen) atoms. The molecule has 2 rings (SSSR count). The van der Waals surface area contributed by atoms with Gasteiger partial charge < -0.3 is 4.74 Å². The Kier molecular flexibility index (Phi) is 6.75. The van der Waals surface area contributed by atoms with E-state index in [0.717, 1.165) is 11.3 Å². The van der Waals surface area contributed by atoms with E-state index >= 15 is 0 Å². The van der Waals surface area contributed by atoms with Gasteiger partial charge in [0.25, 0.3) is 5.91 Å². The molecule has 1 amide bonds. The monoisotopic (exact) mass is 334 g/mol. The van der Waals surface area contributed by atoms with Crippen LogP contribution in [0.3, 0.4) is 0 Å². The van der Waals surface area contributed by atoms with Gasteiger partial charge in [-0.3, -0.25) is 4.79 Å². The van der Waals surface area contributed by atoms with E-state index in [9.17, 15) is 9.18 Å².